The van der Waals surface area contributed by atoms with Crippen molar-refractivity contribution >= 4 is 5.69 Å². The number of nitrogens with one attached hydrogen (secondary N) is 1. The molecular formula is C14H19N3O. The number of nitriles is 1. The van der Waals surface area contributed by atoms with Crippen LogP contribution >= 0.6 is 0 Å². The minimum atomic E-state index is 0.125. The zero-order valence-corrected chi connectivity index (χ0v) is 10.7. The molecule has 0 heterocycles. The smallest absolute Gasteiger partial charge is 0.101 e. The third kappa shape index (κ3) is 2.81. The van der Waals surface area contributed by atoms with Crippen LogP contribution in [0.4, 0.5) is 5.69 Å². The number of rotatable bonds is 6. The van der Waals surface area contributed by atoms with Crippen molar-refractivity contribution in [2.75, 3.05) is 25.1 Å². The second-order valence-electron chi connectivity index (χ2n) is 4.64. The summed E-state index contributed by atoms with van der Waals surface area (Å²) in [4.78, 5) is 2.15. The molecule has 0 atom stereocenters. The molecule has 18 heavy (non-hydrogen) atoms. The Balaban J connectivity index is 2.28. The summed E-state index contributed by atoms with van der Waals surface area (Å²) in [5.41, 5.74) is 2.76. The molecule has 2 N–H and O–H groups in total. The Morgan fingerprint density at radius 3 is 2.83 bits per heavy atom. The Morgan fingerprint density at radius 2 is 2.28 bits per heavy atom. The molecule has 0 aliphatic heterocycles. The van der Waals surface area contributed by atoms with Gasteiger partial charge in [0.05, 0.1) is 17.9 Å². The van der Waals surface area contributed by atoms with Crippen molar-refractivity contribution in [3.05, 3.63) is 29.3 Å². The SMILES string of the molecule is CNCc1ccc(N(CCO)C2CC2)c(C#N)c1. The number of aliphatic hydroxyl groups excluding tert-OH is 1. The van der Waals surface area contributed by atoms with Gasteiger partial charge in [-0.2, -0.15) is 5.26 Å². The maximum absolute atomic E-state index is 9.27. The molecule has 96 valence electrons. The van der Waals surface area contributed by atoms with Gasteiger partial charge in [-0.25, -0.2) is 0 Å². The summed E-state index contributed by atoms with van der Waals surface area (Å²) in [5, 5.41) is 21.5. The number of anilines is 1. The highest BCUT2D eigenvalue weighted by atomic mass is 16.3. The van der Waals surface area contributed by atoms with Crippen LogP contribution in [0.1, 0.15) is 24.0 Å². The molecule has 4 heteroatoms. The minimum Gasteiger partial charge on any atom is -0.395 e. The monoisotopic (exact) mass is 245 g/mol. The first-order valence-electron chi connectivity index (χ1n) is 6.35. The van der Waals surface area contributed by atoms with Gasteiger partial charge in [0.2, 0.25) is 0 Å². The fraction of sp³-hybridized carbons (Fsp3) is 0.500. The lowest BCUT2D eigenvalue weighted by Gasteiger charge is -2.25. The van der Waals surface area contributed by atoms with E-state index in [9.17, 15) is 5.26 Å². The van der Waals surface area contributed by atoms with Crippen molar-refractivity contribution in [3.63, 3.8) is 0 Å². The fourth-order valence-corrected chi connectivity index (χ4v) is 2.23. The summed E-state index contributed by atoms with van der Waals surface area (Å²) in [5.74, 6) is 0. The quantitative estimate of drug-likeness (QED) is 0.791. The average Bonchev–Trinajstić information content (AvgIpc) is 3.21. The van der Waals surface area contributed by atoms with Gasteiger partial charge >= 0.3 is 0 Å². The Kier molecular flexibility index (Phi) is 4.19. The standard InChI is InChI=1S/C14H19N3O/c1-16-10-11-2-5-14(12(8-11)9-15)17(6-7-18)13-3-4-13/h2,5,8,13,16,18H,3-4,6-7,10H2,1H3. The highest BCUT2D eigenvalue weighted by Crippen LogP contribution is 2.33. The summed E-state index contributed by atoms with van der Waals surface area (Å²) < 4.78 is 0. The molecule has 0 aromatic heterocycles. The van der Waals surface area contributed by atoms with Gasteiger partial charge in [0, 0.05) is 19.1 Å². The minimum absolute atomic E-state index is 0.125. The van der Waals surface area contributed by atoms with E-state index < -0.39 is 0 Å². The molecule has 1 aromatic rings. The molecule has 0 spiro atoms. The van der Waals surface area contributed by atoms with Crippen LogP contribution in [0.5, 0.6) is 0 Å². The zero-order valence-electron chi connectivity index (χ0n) is 10.7. The van der Waals surface area contributed by atoms with E-state index >= 15 is 0 Å². The fourth-order valence-electron chi connectivity index (χ4n) is 2.23. The van der Waals surface area contributed by atoms with Gasteiger partial charge in [-0.05, 0) is 37.6 Å². The molecule has 4 nitrogen and oxygen atoms in total. The first-order chi connectivity index (χ1) is 8.80. The van der Waals surface area contributed by atoms with Crippen molar-refractivity contribution in [2.24, 2.45) is 0 Å². The number of hydrogen-bond acceptors (Lipinski definition) is 4. The molecule has 1 aliphatic carbocycles. The normalized spacial score (nSPS) is 14.3. The highest BCUT2D eigenvalue weighted by molar-refractivity contribution is 5.61. The Labute approximate surface area is 108 Å². The second-order valence-corrected chi connectivity index (χ2v) is 4.64. The van der Waals surface area contributed by atoms with Crippen molar-refractivity contribution in [1.29, 1.82) is 5.26 Å². The summed E-state index contributed by atoms with van der Waals surface area (Å²) in [6.07, 6.45) is 2.31. The van der Waals surface area contributed by atoms with Crippen molar-refractivity contribution in [2.45, 2.75) is 25.4 Å². The van der Waals surface area contributed by atoms with Crippen LogP contribution in [0.2, 0.25) is 0 Å². The largest absolute Gasteiger partial charge is 0.395 e. The first kappa shape index (κ1) is 12.9. The van der Waals surface area contributed by atoms with Gasteiger partial charge in [-0.1, -0.05) is 6.07 Å². The van der Waals surface area contributed by atoms with Gasteiger partial charge in [0.15, 0.2) is 0 Å². The maximum Gasteiger partial charge on any atom is 0.101 e. The van der Waals surface area contributed by atoms with E-state index in [0.717, 1.165) is 30.6 Å². The van der Waals surface area contributed by atoms with E-state index in [1.54, 1.807) is 0 Å². The predicted octanol–water partition coefficient (Wildman–Crippen LogP) is 1.24. The third-order valence-corrected chi connectivity index (χ3v) is 3.20. The van der Waals surface area contributed by atoms with Crippen LogP contribution in [0.15, 0.2) is 18.2 Å². The first-order valence-corrected chi connectivity index (χ1v) is 6.35. The highest BCUT2D eigenvalue weighted by Gasteiger charge is 2.30. The molecule has 1 fully saturated rings. The lowest BCUT2D eigenvalue weighted by molar-refractivity contribution is 0.301. The van der Waals surface area contributed by atoms with Crippen molar-refractivity contribution < 1.29 is 5.11 Å². The van der Waals surface area contributed by atoms with Crippen LogP contribution in [0, 0.1) is 11.3 Å². The molecule has 0 bridgehead atoms. The molecule has 1 aliphatic rings. The van der Waals surface area contributed by atoms with Gasteiger partial charge in [0.1, 0.15) is 6.07 Å². The van der Waals surface area contributed by atoms with Gasteiger partial charge < -0.3 is 15.3 Å². The van der Waals surface area contributed by atoms with E-state index in [2.05, 4.69) is 16.3 Å². The van der Waals surface area contributed by atoms with Crippen LogP contribution in [-0.4, -0.2) is 31.3 Å². The van der Waals surface area contributed by atoms with Crippen LogP contribution < -0.4 is 10.2 Å². The average molecular weight is 245 g/mol. The van der Waals surface area contributed by atoms with Gasteiger partial charge in [-0.3, -0.25) is 0 Å². The van der Waals surface area contributed by atoms with Crippen LogP contribution in [0.3, 0.4) is 0 Å². The van der Waals surface area contributed by atoms with E-state index in [0.29, 0.717) is 18.2 Å². The van der Waals surface area contributed by atoms with Gasteiger partial charge in [-0.15, -0.1) is 0 Å². The zero-order chi connectivity index (χ0) is 13.0. The lowest BCUT2D eigenvalue weighted by Crippen LogP contribution is -2.29. The summed E-state index contributed by atoms with van der Waals surface area (Å²) >= 11 is 0. The predicted molar refractivity (Wildman–Crippen MR) is 71.4 cm³/mol. The lowest BCUT2D eigenvalue weighted by atomic mass is 10.1. The molecule has 0 radical (unpaired) electrons. The van der Waals surface area contributed by atoms with Gasteiger partial charge in [0.25, 0.3) is 0 Å². The van der Waals surface area contributed by atoms with E-state index in [-0.39, 0.29) is 6.61 Å². The molecular weight excluding hydrogens is 226 g/mol. The molecule has 0 amide bonds. The number of benzene rings is 1. The molecule has 0 unspecified atom stereocenters. The van der Waals surface area contributed by atoms with Crippen LogP contribution in [-0.2, 0) is 6.54 Å². The molecule has 2 rings (SSSR count). The number of aliphatic hydroxyl groups is 1. The topological polar surface area (TPSA) is 59.3 Å². The van der Waals surface area contributed by atoms with E-state index in [4.69, 9.17) is 5.11 Å². The Morgan fingerprint density at radius 1 is 1.50 bits per heavy atom. The van der Waals surface area contributed by atoms with Crippen LogP contribution in [0.25, 0.3) is 0 Å². The summed E-state index contributed by atoms with van der Waals surface area (Å²) in [6.45, 7) is 1.49. The Bertz CT molecular complexity index is 449. The van der Waals surface area contributed by atoms with Crippen molar-refractivity contribution in [1.82, 2.24) is 5.32 Å². The van der Waals surface area contributed by atoms with E-state index in [1.807, 2.05) is 25.2 Å². The number of nitrogens with zero attached hydrogens (tertiary/aromatic N) is 2. The molecule has 1 saturated carbocycles. The Hall–Kier alpha value is -1.57. The summed E-state index contributed by atoms with van der Waals surface area (Å²) in [6, 6.07) is 8.73. The second kappa shape index (κ2) is 5.85. The molecule has 0 saturated heterocycles. The summed E-state index contributed by atoms with van der Waals surface area (Å²) in [7, 11) is 1.89. The molecule has 1 aromatic carbocycles. The third-order valence-electron chi connectivity index (χ3n) is 3.20. The van der Waals surface area contributed by atoms with Crippen molar-refractivity contribution in [3.8, 4) is 6.07 Å². The van der Waals surface area contributed by atoms with E-state index in [1.165, 1.54) is 0 Å². The maximum atomic E-state index is 9.27. The number of hydrogen-bond donors (Lipinski definition) is 2.